The van der Waals surface area contributed by atoms with Crippen molar-refractivity contribution >= 4 is 5.78 Å². The smallest absolute Gasteiger partial charge is 0.234 e. The molecule has 20 heavy (non-hydrogen) atoms. The van der Waals surface area contributed by atoms with Crippen molar-refractivity contribution in [1.82, 2.24) is 19.3 Å². The van der Waals surface area contributed by atoms with Gasteiger partial charge in [0.15, 0.2) is 0 Å². The summed E-state index contributed by atoms with van der Waals surface area (Å²) in [6, 6.07) is 2.06. The van der Waals surface area contributed by atoms with Gasteiger partial charge in [0.2, 0.25) is 5.78 Å². The van der Waals surface area contributed by atoms with Crippen LogP contribution >= 0.6 is 0 Å². The molecule has 1 fully saturated rings. The number of hydrogen-bond acceptors (Lipinski definition) is 4. The third kappa shape index (κ3) is 2.43. The maximum Gasteiger partial charge on any atom is 0.234 e. The van der Waals surface area contributed by atoms with Gasteiger partial charge in [-0.3, -0.25) is 9.30 Å². The van der Waals surface area contributed by atoms with E-state index in [0.717, 1.165) is 55.3 Å². The molecule has 1 aliphatic rings. The van der Waals surface area contributed by atoms with E-state index in [2.05, 4.69) is 34.8 Å². The zero-order valence-corrected chi connectivity index (χ0v) is 12.4. The highest BCUT2D eigenvalue weighted by Gasteiger charge is 2.40. The number of aliphatic hydroxyl groups is 1. The van der Waals surface area contributed by atoms with Crippen LogP contribution in [0.25, 0.3) is 5.78 Å². The summed E-state index contributed by atoms with van der Waals surface area (Å²) in [6.07, 6.45) is 3.96. The van der Waals surface area contributed by atoms with Crippen LogP contribution in [0.3, 0.4) is 0 Å². The maximum atomic E-state index is 10.2. The van der Waals surface area contributed by atoms with Gasteiger partial charge < -0.3 is 5.11 Å². The second-order valence-corrected chi connectivity index (χ2v) is 6.06. The zero-order chi connectivity index (χ0) is 14.3. The molecule has 0 aromatic carbocycles. The van der Waals surface area contributed by atoms with Gasteiger partial charge in [0, 0.05) is 37.2 Å². The molecule has 5 heteroatoms. The molecule has 3 rings (SSSR count). The Kier molecular flexibility index (Phi) is 3.26. The van der Waals surface area contributed by atoms with E-state index >= 15 is 0 Å². The SMILES string of the molecule is CCCC1(O)CN(Cc2cn3c(C)cc(C)nc3n2)C1. The number of aryl methyl sites for hydroxylation is 2. The summed E-state index contributed by atoms with van der Waals surface area (Å²) < 4.78 is 2.03. The number of imidazole rings is 1. The van der Waals surface area contributed by atoms with Crippen LogP contribution in [-0.4, -0.2) is 43.1 Å². The number of β-amino-alcohol motifs (C(OH)–C–C–N with tert-alkyl or cyclic N) is 1. The Bertz CT molecular complexity index is 628. The summed E-state index contributed by atoms with van der Waals surface area (Å²) in [6.45, 7) is 8.45. The highest BCUT2D eigenvalue weighted by atomic mass is 16.3. The van der Waals surface area contributed by atoms with Crippen molar-refractivity contribution in [3.05, 3.63) is 29.3 Å². The molecule has 1 aliphatic heterocycles. The van der Waals surface area contributed by atoms with E-state index in [1.807, 2.05) is 17.5 Å². The van der Waals surface area contributed by atoms with E-state index in [4.69, 9.17) is 0 Å². The summed E-state index contributed by atoms with van der Waals surface area (Å²) in [5.41, 5.74) is 2.69. The molecule has 108 valence electrons. The van der Waals surface area contributed by atoms with E-state index in [1.165, 1.54) is 0 Å². The predicted molar refractivity (Wildman–Crippen MR) is 77.6 cm³/mol. The normalized spacial score (nSPS) is 18.4. The van der Waals surface area contributed by atoms with Crippen LogP contribution in [0.15, 0.2) is 12.3 Å². The summed E-state index contributed by atoms with van der Waals surface area (Å²) in [7, 11) is 0. The van der Waals surface area contributed by atoms with E-state index < -0.39 is 5.60 Å². The highest BCUT2D eigenvalue weighted by molar-refractivity contribution is 5.34. The van der Waals surface area contributed by atoms with Crippen LogP contribution < -0.4 is 0 Å². The Morgan fingerprint density at radius 1 is 1.30 bits per heavy atom. The van der Waals surface area contributed by atoms with Gasteiger partial charge in [-0.1, -0.05) is 13.3 Å². The van der Waals surface area contributed by atoms with Crippen molar-refractivity contribution in [2.24, 2.45) is 0 Å². The Hall–Kier alpha value is -1.46. The molecule has 0 amide bonds. The van der Waals surface area contributed by atoms with E-state index in [9.17, 15) is 5.11 Å². The number of fused-ring (bicyclic) bond motifs is 1. The van der Waals surface area contributed by atoms with Gasteiger partial charge in [0.25, 0.3) is 0 Å². The minimum absolute atomic E-state index is 0.474. The monoisotopic (exact) mass is 274 g/mol. The van der Waals surface area contributed by atoms with E-state index in [1.54, 1.807) is 0 Å². The van der Waals surface area contributed by atoms with Crippen LogP contribution in [0.5, 0.6) is 0 Å². The van der Waals surface area contributed by atoms with Crippen molar-refractivity contribution in [2.75, 3.05) is 13.1 Å². The van der Waals surface area contributed by atoms with Crippen LogP contribution in [0, 0.1) is 13.8 Å². The van der Waals surface area contributed by atoms with Gasteiger partial charge in [0.1, 0.15) is 0 Å². The van der Waals surface area contributed by atoms with Crippen molar-refractivity contribution in [3.63, 3.8) is 0 Å². The van der Waals surface area contributed by atoms with Gasteiger partial charge in [0.05, 0.1) is 11.3 Å². The minimum atomic E-state index is -0.474. The fourth-order valence-corrected chi connectivity index (χ4v) is 3.14. The lowest BCUT2D eigenvalue weighted by molar-refractivity contribution is -0.107. The number of rotatable bonds is 4. The lowest BCUT2D eigenvalue weighted by atomic mass is 9.89. The third-order valence-corrected chi connectivity index (χ3v) is 3.95. The number of nitrogens with zero attached hydrogens (tertiary/aromatic N) is 4. The molecule has 0 aliphatic carbocycles. The van der Waals surface area contributed by atoms with Gasteiger partial charge >= 0.3 is 0 Å². The number of likely N-dealkylation sites (tertiary alicyclic amines) is 1. The summed E-state index contributed by atoms with van der Waals surface area (Å²) in [4.78, 5) is 11.3. The van der Waals surface area contributed by atoms with Crippen LogP contribution in [0.1, 0.15) is 36.8 Å². The number of hydrogen-bond donors (Lipinski definition) is 1. The Labute approximate surface area is 119 Å². The standard InChI is InChI=1S/C15H22N4O/c1-4-5-15(20)9-18(10-15)7-13-8-19-12(3)6-11(2)16-14(19)17-13/h6,8,20H,4-5,7,9-10H2,1-3H3. The van der Waals surface area contributed by atoms with Crippen molar-refractivity contribution in [3.8, 4) is 0 Å². The topological polar surface area (TPSA) is 53.7 Å². The molecule has 5 nitrogen and oxygen atoms in total. The van der Waals surface area contributed by atoms with Crippen molar-refractivity contribution in [2.45, 2.75) is 45.8 Å². The zero-order valence-electron chi connectivity index (χ0n) is 12.4. The summed E-state index contributed by atoms with van der Waals surface area (Å²) in [5, 5.41) is 10.2. The van der Waals surface area contributed by atoms with Gasteiger partial charge in [-0.15, -0.1) is 0 Å². The van der Waals surface area contributed by atoms with Crippen LogP contribution in [-0.2, 0) is 6.54 Å². The third-order valence-electron chi connectivity index (χ3n) is 3.95. The van der Waals surface area contributed by atoms with E-state index in [0.29, 0.717) is 0 Å². The van der Waals surface area contributed by atoms with Crippen LogP contribution in [0.2, 0.25) is 0 Å². The first-order valence-corrected chi connectivity index (χ1v) is 7.26. The molecular weight excluding hydrogens is 252 g/mol. The Morgan fingerprint density at radius 2 is 2.05 bits per heavy atom. The maximum absolute atomic E-state index is 10.2. The molecule has 3 heterocycles. The van der Waals surface area contributed by atoms with Gasteiger partial charge in [-0.25, -0.2) is 9.97 Å². The molecule has 0 radical (unpaired) electrons. The fraction of sp³-hybridized carbons (Fsp3) is 0.600. The molecule has 1 saturated heterocycles. The minimum Gasteiger partial charge on any atom is -0.387 e. The Morgan fingerprint density at radius 3 is 2.75 bits per heavy atom. The lowest BCUT2D eigenvalue weighted by Crippen LogP contribution is -2.60. The van der Waals surface area contributed by atoms with E-state index in [-0.39, 0.29) is 0 Å². The fourth-order valence-electron chi connectivity index (χ4n) is 3.14. The first-order chi connectivity index (χ1) is 9.49. The second kappa shape index (κ2) is 4.82. The summed E-state index contributed by atoms with van der Waals surface area (Å²) >= 11 is 0. The molecule has 0 unspecified atom stereocenters. The average molecular weight is 274 g/mol. The molecular formula is C15H22N4O. The summed E-state index contributed by atoms with van der Waals surface area (Å²) in [5.74, 6) is 0.766. The molecule has 0 spiro atoms. The van der Waals surface area contributed by atoms with Gasteiger partial charge in [-0.2, -0.15) is 0 Å². The molecule has 1 N–H and O–H groups in total. The lowest BCUT2D eigenvalue weighted by Gasteiger charge is -2.46. The van der Waals surface area contributed by atoms with Crippen molar-refractivity contribution in [1.29, 1.82) is 0 Å². The molecule has 0 bridgehead atoms. The molecule has 0 atom stereocenters. The average Bonchev–Trinajstić information content (AvgIpc) is 2.70. The Balaban J connectivity index is 1.72. The first-order valence-electron chi connectivity index (χ1n) is 7.26. The molecule has 0 saturated carbocycles. The highest BCUT2D eigenvalue weighted by Crippen LogP contribution is 2.27. The van der Waals surface area contributed by atoms with Crippen LogP contribution in [0.4, 0.5) is 0 Å². The largest absolute Gasteiger partial charge is 0.387 e. The van der Waals surface area contributed by atoms with Crippen molar-refractivity contribution < 1.29 is 5.11 Å². The van der Waals surface area contributed by atoms with Gasteiger partial charge in [-0.05, 0) is 26.3 Å². The quantitative estimate of drug-likeness (QED) is 0.922. The second-order valence-electron chi connectivity index (χ2n) is 6.06. The molecule has 2 aromatic rings. The molecule has 2 aromatic heterocycles. The predicted octanol–water partition coefficient (Wildman–Crippen LogP) is 1.69. The number of aromatic nitrogens is 3. The first kappa shape index (κ1) is 13.5.